The van der Waals surface area contributed by atoms with Crippen LogP contribution in [0.1, 0.15) is 29.7 Å². The zero-order chi connectivity index (χ0) is 17.5. The summed E-state index contributed by atoms with van der Waals surface area (Å²) in [5.41, 5.74) is 2.32. The minimum atomic E-state index is 0.829. The molecule has 0 unspecified atom stereocenters. The molecular formula is C20H28N3S2+. The summed E-state index contributed by atoms with van der Waals surface area (Å²) in [6.07, 6.45) is 3.97. The maximum absolute atomic E-state index is 5.73. The van der Waals surface area contributed by atoms with E-state index >= 15 is 0 Å². The van der Waals surface area contributed by atoms with E-state index in [0.717, 1.165) is 23.9 Å². The van der Waals surface area contributed by atoms with E-state index in [9.17, 15) is 0 Å². The van der Waals surface area contributed by atoms with Crippen LogP contribution < -0.4 is 10.2 Å². The molecule has 1 fully saturated rings. The molecule has 1 aliphatic rings. The summed E-state index contributed by atoms with van der Waals surface area (Å²) in [7, 11) is 0. The third-order valence-electron chi connectivity index (χ3n) is 4.75. The van der Waals surface area contributed by atoms with Gasteiger partial charge in [-0.1, -0.05) is 18.2 Å². The van der Waals surface area contributed by atoms with Gasteiger partial charge in [0.2, 0.25) is 0 Å². The van der Waals surface area contributed by atoms with Gasteiger partial charge in [-0.2, -0.15) is 0 Å². The van der Waals surface area contributed by atoms with Crippen LogP contribution in [0.25, 0.3) is 0 Å². The Kier molecular flexibility index (Phi) is 6.84. The van der Waals surface area contributed by atoms with Crippen molar-refractivity contribution in [3.8, 4) is 0 Å². The lowest BCUT2D eigenvalue weighted by molar-refractivity contribution is -0.887. The molecule has 134 valence electrons. The lowest BCUT2D eigenvalue weighted by Gasteiger charge is -2.26. The van der Waals surface area contributed by atoms with Crippen LogP contribution in [-0.4, -0.2) is 36.2 Å². The first-order valence-corrected chi connectivity index (χ1v) is 10.5. The quantitative estimate of drug-likeness (QED) is 0.726. The number of likely N-dealkylation sites (tertiary alicyclic amines) is 1. The van der Waals surface area contributed by atoms with Crippen molar-refractivity contribution in [2.75, 3.05) is 31.5 Å². The summed E-state index contributed by atoms with van der Waals surface area (Å²) in [5, 5.41) is 6.40. The highest BCUT2D eigenvalue weighted by Crippen LogP contribution is 2.15. The number of nitrogens with one attached hydrogen (secondary N) is 2. The van der Waals surface area contributed by atoms with Crippen molar-refractivity contribution in [2.45, 2.75) is 32.7 Å². The molecule has 0 aliphatic carbocycles. The summed E-state index contributed by atoms with van der Waals surface area (Å²) >= 11 is 7.54. The highest BCUT2D eigenvalue weighted by atomic mass is 32.1. The summed E-state index contributed by atoms with van der Waals surface area (Å²) in [5.74, 6) is 0. The molecule has 2 heterocycles. The van der Waals surface area contributed by atoms with E-state index in [4.69, 9.17) is 12.2 Å². The number of quaternary nitrogens is 1. The highest BCUT2D eigenvalue weighted by Gasteiger charge is 2.17. The van der Waals surface area contributed by atoms with Gasteiger partial charge >= 0.3 is 0 Å². The van der Waals surface area contributed by atoms with Crippen molar-refractivity contribution >= 4 is 34.4 Å². The first kappa shape index (κ1) is 18.4. The second kappa shape index (κ2) is 9.32. The molecule has 0 spiro atoms. The Bertz CT molecular complexity index is 663. The Morgan fingerprint density at radius 3 is 2.80 bits per heavy atom. The normalized spacial score (nSPS) is 14.6. The average molecular weight is 375 g/mol. The van der Waals surface area contributed by atoms with E-state index in [1.165, 1.54) is 49.3 Å². The Balaban J connectivity index is 1.58. The van der Waals surface area contributed by atoms with Crippen molar-refractivity contribution < 1.29 is 4.90 Å². The first-order chi connectivity index (χ1) is 12.2. The monoisotopic (exact) mass is 374 g/mol. The Labute approximate surface area is 160 Å². The predicted molar refractivity (Wildman–Crippen MR) is 112 cm³/mol. The summed E-state index contributed by atoms with van der Waals surface area (Å²) in [6.45, 7) is 7.96. The number of benzene rings is 1. The summed E-state index contributed by atoms with van der Waals surface area (Å²) in [6, 6.07) is 12.7. The standard InChI is InChI=1S/C20H27N3S2/c1-17-7-4-8-18(15-17)21-20(24)23(16-19-9-5-14-25-19)13-6-12-22-10-2-3-11-22/h4-5,7-9,14-15H,2-3,6,10-13,16H2,1H3,(H,21,24)/p+1. The summed E-state index contributed by atoms with van der Waals surface area (Å²) in [4.78, 5) is 5.44. The predicted octanol–water partition coefficient (Wildman–Crippen LogP) is 3.32. The largest absolute Gasteiger partial charge is 0.344 e. The molecule has 2 aromatic rings. The highest BCUT2D eigenvalue weighted by molar-refractivity contribution is 7.80. The molecule has 0 atom stereocenters. The van der Waals surface area contributed by atoms with Gasteiger partial charge in [-0.05, 0) is 48.3 Å². The lowest BCUT2D eigenvalue weighted by Crippen LogP contribution is -3.10. The molecule has 1 aromatic carbocycles. The number of rotatable bonds is 7. The SMILES string of the molecule is Cc1cccc(NC(=S)N(CCC[NH+]2CCCC2)Cc2cccs2)c1. The fourth-order valence-corrected chi connectivity index (χ4v) is 4.41. The van der Waals surface area contributed by atoms with Crippen molar-refractivity contribution in [3.63, 3.8) is 0 Å². The van der Waals surface area contributed by atoms with Crippen molar-refractivity contribution in [1.29, 1.82) is 0 Å². The van der Waals surface area contributed by atoms with Crippen LogP contribution in [0.2, 0.25) is 0 Å². The molecule has 1 saturated heterocycles. The van der Waals surface area contributed by atoms with Crippen LogP contribution >= 0.6 is 23.6 Å². The van der Waals surface area contributed by atoms with Gasteiger partial charge < -0.3 is 15.1 Å². The topological polar surface area (TPSA) is 19.7 Å². The van der Waals surface area contributed by atoms with E-state index in [-0.39, 0.29) is 0 Å². The van der Waals surface area contributed by atoms with Gasteiger partial charge in [-0.3, -0.25) is 0 Å². The number of anilines is 1. The van der Waals surface area contributed by atoms with E-state index in [1.54, 1.807) is 16.2 Å². The second-order valence-corrected chi connectivity index (χ2v) is 8.28. The Hall–Kier alpha value is -1.43. The molecule has 0 bridgehead atoms. The Morgan fingerprint density at radius 1 is 1.24 bits per heavy atom. The molecule has 1 aliphatic heterocycles. The van der Waals surface area contributed by atoms with Crippen molar-refractivity contribution in [3.05, 3.63) is 52.2 Å². The fourth-order valence-electron chi connectivity index (χ4n) is 3.41. The number of nitrogens with zero attached hydrogens (tertiary/aromatic N) is 1. The van der Waals surface area contributed by atoms with Crippen LogP contribution in [0.3, 0.4) is 0 Å². The van der Waals surface area contributed by atoms with Crippen LogP contribution in [-0.2, 0) is 6.54 Å². The van der Waals surface area contributed by atoms with Crippen LogP contribution in [0, 0.1) is 6.92 Å². The third kappa shape index (κ3) is 5.80. The maximum Gasteiger partial charge on any atom is 0.173 e. The van der Waals surface area contributed by atoms with E-state index in [1.807, 2.05) is 0 Å². The number of thiocarbonyl (C=S) groups is 1. The molecule has 0 amide bonds. The van der Waals surface area contributed by atoms with Gasteiger partial charge in [0.1, 0.15) is 0 Å². The van der Waals surface area contributed by atoms with Crippen LogP contribution in [0.15, 0.2) is 41.8 Å². The smallest absolute Gasteiger partial charge is 0.173 e. The maximum atomic E-state index is 5.73. The minimum absolute atomic E-state index is 0.829. The van der Waals surface area contributed by atoms with Gasteiger partial charge in [0, 0.05) is 36.4 Å². The lowest BCUT2D eigenvalue weighted by atomic mass is 10.2. The first-order valence-electron chi connectivity index (χ1n) is 9.19. The molecule has 5 heteroatoms. The molecule has 3 nitrogen and oxygen atoms in total. The molecule has 0 radical (unpaired) electrons. The van der Waals surface area contributed by atoms with Gasteiger partial charge in [-0.15, -0.1) is 11.3 Å². The minimum Gasteiger partial charge on any atom is -0.344 e. The zero-order valence-electron chi connectivity index (χ0n) is 15.0. The van der Waals surface area contributed by atoms with Crippen LogP contribution in [0.4, 0.5) is 5.69 Å². The zero-order valence-corrected chi connectivity index (χ0v) is 16.6. The van der Waals surface area contributed by atoms with Gasteiger partial charge in [0.05, 0.1) is 26.2 Å². The van der Waals surface area contributed by atoms with Gasteiger partial charge in [-0.25, -0.2) is 0 Å². The third-order valence-corrected chi connectivity index (χ3v) is 5.97. The molecule has 25 heavy (non-hydrogen) atoms. The second-order valence-electron chi connectivity index (χ2n) is 6.86. The molecule has 2 N–H and O–H groups in total. The number of hydrogen-bond donors (Lipinski definition) is 2. The fraction of sp³-hybridized carbons (Fsp3) is 0.450. The van der Waals surface area contributed by atoms with E-state index in [0.29, 0.717) is 0 Å². The van der Waals surface area contributed by atoms with Crippen molar-refractivity contribution in [1.82, 2.24) is 4.90 Å². The Morgan fingerprint density at radius 2 is 2.08 bits per heavy atom. The molecule has 0 saturated carbocycles. The van der Waals surface area contributed by atoms with Crippen LogP contribution in [0.5, 0.6) is 0 Å². The van der Waals surface area contributed by atoms with Gasteiger partial charge in [0.15, 0.2) is 5.11 Å². The van der Waals surface area contributed by atoms with E-state index < -0.39 is 0 Å². The molecule has 1 aromatic heterocycles. The van der Waals surface area contributed by atoms with Crippen molar-refractivity contribution in [2.24, 2.45) is 0 Å². The number of thiophene rings is 1. The summed E-state index contributed by atoms with van der Waals surface area (Å²) < 4.78 is 0. The number of hydrogen-bond acceptors (Lipinski definition) is 2. The van der Waals surface area contributed by atoms with Gasteiger partial charge in [0.25, 0.3) is 0 Å². The molecule has 3 rings (SSSR count). The van der Waals surface area contributed by atoms with E-state index in [2.05, 4.69) is 58.9 Å². The average Bonchev–Trinajstić information content (AvgIpc) is 3.27. The molecular weight excluding hydrogens is 346 g/mol. The number of aryl methyl sites for hydroxylation is 1.